The van der Waals surface area contributed by atoms with Crippen LogP contribution in [-0.4, -0.2) is 35.2 Å². The topological polar surface area (TPSA) is 23.5 Å². The van der Waals surface area contributed by atoms with E-state index in [4.69, 9.17) is 0 Å². The molecule has 232 valence electrons. The summed E-state index contributed by atoms with van der Waals surface area (Å²) >= 11 is 0. The van der Waals surface area contributed by atoms with E-state index in [2.05, 4.69) is 4.90 Å². The summed E-state index contributed by atoms with van der Waals surface area (Å²) in [5, 5.41) is 11.1. The summed E-state index contributed by atoms with van der Waals surface area (Å²) < 4.78 is 93.7. The van der Waals surface area contributed by atoms with E-state index in [1.807, 2.05) is 42.5 Å². The van der Waals surface area contributed by atoms with Crippen LogP contribution in [0.25, 0.3) is 0 Å². The van der Waals surface area contributed by atoms with Crippen LogP contribution in [0, 0.1) is 5.82 Å². The Balaban J connectivity index is 1.27. The standard InChI is InChI=1S/C34H36F7NO/c35-29-8-6-24(7-9-29)25-12-16-42(17-13-25)30-10-14-32(15-11-30,26-4-2-1-3-5-26)22-31(43)20-23-18-27(33(36,37)38)21-28(19-23)34(39,40)41/h1-9,18-19,21,25,30-31,43H,10-17,20,22H2. The van der Waals surface area contributed by atoms with Gasteiger partial charge in [0.05, 0.1) is 17.2 Å². The number of hydrogen-bond donors (Lipinski definition) is 1. The van der Waals surface area contributed by atoms with Crippen molar-refractivity contribution in [2.75, 3.05) is 13.1 Å². The maximum Gasteiger partial charge on any atom is 0.416 e. The van der Waals surface area contributed by atoms with Gasteiger partial charge in [0.15, 0.2) is 0 Å². The molecule has 1 atom stereocenters. The van der Waals surface area contributed by atoms with Crippen molar-refractivity contribution in [3.63, 3.8) is 0 Å². The number of likely N-dealkylation sites (tertiary alicyclic amines) is 1. The van der Waals surface area contributed by atoms with Gasteiger partial charge in [-0.25, -0.2) is 4.39 Å². The molecule has 1 saturated heterocycles. The van der Waals surface area contributed by atoms with Crippen molar-refractivity contribution >= 4 is 0 Å². The van der Waals surface area contributed by atoms with Gasteiger partial charge >= 0.3 is 12.4 Å². The highest BCUT2D eigenvalue weighted by Gasteiger charge is 2.41. The van der Waals surface area contributed by atoms with Crippen LogP contribution in [0.15, 0.2) is 72.8 Å². The van der Waals surface area contributed by atoms with Gasteiger partial charge < -0.3 is 10.0 Å². The fourth-order valence-corrected chi connectivity index (χ4v) is 7.19. The summed E-state index contributed by atoms with van der Waals surface area (Å²) in [6.45, 7) is 1.87. The highest BCUT2D eigenvalue weighted by atomic mass is 19.4. The second-order valence-electron chi connectivity index (χ2n) is 12.2. The largest absolute Gasteiger partial charge is 0.416 e. The summed E-state index contributed by atoms with van der Waals surface area (Å²) in [5.74, 6) is 0.156. The maximum atomic E-state index is 13.4. The molecule has 2 aliphatic rings. The van der Waals surface area contributed by atoms with Crippen LogP contribution in [0.4, 0.5) is 30.7 Å². The van der Waals surface area contributed by atoms with Crippen molar-refractivity contribution in [2.45, 2.75) is 87.2 Å². The monoisotopic (exact) mass is 607 g/mol. The van der Waals surface area contributed by atoms with Crippen LogP contribution in [-0.2, 0) is 24.2 Å². The lowest BCUT2D eigenvalue weighted by atomic mass is 9.64. The molecular weight excluding hydrogens is 571 g/mol. The van der Waals surface area contributed by atoms with Crippen molar-refractivity contribution in [3.8, 4) is 0 Å². The molecule has 2 fully saturated rings. The Morgan fingerprint density at radius 2 is 1.33 bits per heavy atom. The Kier molecular flexibility index (Phi) is 9.23. The zero-order valence-electron chi connectivity index (χ0n) is 23.8. The predicted octanol–water partition coefficient (Wildman–Crippen LogP) is 8.92. The van der Waals surface area contributed by atoms with Crippen molar-refractivity contribution in [1.29, 1.82) is 0 Å². The molecule has 0 amide bonds. The lowest BCUT2D eigenvalue weighted by Crippen LogP contribution is -2.46. The quantitative estimate of drug-likeness (QED) is 0.271. The minimum Gasteiger partial charge on any atom is -0.393 e. The molecule has 5 rings (SSSR count). The molecule has 0 spiro atoms. The van der Waals surface area contributed by atoms with Gasteiger partial charge in [-0.05, 0) is 123 Å². The van der Waals surface area contributed by atoms with E-state index in [0.717, 1.165) is 62.7 Å². The first kappa shape index (κ1) is 31.5. The third kappa shape index (κ3) is 7.60. The molecule has 0 radical (unpaired) electrons. The molecule has 3 aromatic carbocycles. The number of piperidine rings is 1. The molecular formula is C34H36F7NO. The molecule has 1 saturated carbocycles. The molecule has 0 aromatic heterocycles. The van der Waals surface area contributed by atoms with Gasteiger partial charge in [-0.3, -0.25) is 0 Å². The lowest BCUT2D eigenvalue weighted by molar-refractivity contribution is -0.143. The number of rotatable bonds is 7. The molecule has 1 aliphatic carbocycles. The van der Waals surface area contributed by atoms with Crippen molar-refractivity contribution in [3.05, 3.63) is 106 Å². The summed E-state index contributed by atoms with van der Waals surface area (Å²) in [4.78, 5) is 2.51. The average Bonchev–Trinajstić information content (AvgIpc) is 2.97. The second-order valence-corrected chi connectivity index (χ2v) is 12.2. The van der Waals surface area contributed by atoms with Crippen LogP contribution in [0.3, 0.4) is 0 Å². The van der Waals surface area contributed by atoms with E-state index in [-0.39, 0.29) is 30.3 Å². The SMILES string of the molecule is OC(Cc1cc(C(F)(F)F)cc(C(F)(F)F)c1)CC1(c2ccccc2)CCC(N2CCC(c3ccc(F)cc3)CC2)CC1. The average molecular weight is 608 g/mol. The van der Waals surface area contributed by atoms with Gasteiger partial charge in [0.25, 0.3) is 0 Å². The fraction of sp³-hybridized carbons (Fsp3) is 0.471. The zero-order valence-corrected chi connectivity index (χ0v) is 23.8. The molecule has 9 heteroatoms. The van der Waals surface area contributed by atoms with Crippen LogP contribution in [0.1, 0.15) is 78.7 Å². The summed E-state index contributed by atoms with van der Waals surface area (Å²) in [7, 11) is 0. The number of halogens is 7. The lowest BCUT2D eigenvalue weighted by Gasteiger charge is -2.46. The number of nitrogens with zero attached hydrogens (tertiary/aromatic N) is 1. The van der Waals surface area contributed by atoms with Crippen LogP contribution in [0.2, 0.25) is 0 Å². The minimum absolute atomic E-state index is 0.116. The Hall–Kier alpha value is -2.91. The van der Waals surface area contributed by atoms with Gasteiger partial charge in [-0.2, -0.15) is 26.3 Å². The van der Waals surface area contributed by atoms with Gasteiger partial charge in [0, 0.05) is 6.04 Å². The first-order valence-electron chi connectivity index (χ1n) is 14.8. The smallest absolute Gasteiger partial charge is 0.393 e. The molecule has 1 N–H and O–H groups in total. The van der Waals surface area contributed by atoms with E-state index < -0.39 is 35.0 Å². The van der Waals surface area contributed by atoms with Gasteiger partial charge in [0.1, 0.15) is 5.82 Å². The Bertz CT molecular complexity index is 1310. The van der Waals surface area contributed by atoms with E-state index in [0.29, 0.717) is 24.1 Å². The summed E-state index contributed by atoms with van der Waals surface area (Å²) in [6, 6.07) is 18.3. The molecule has 43 heavy (non-hydrogen) atoms. The van der Waals surface area contributed by atoms with E-state index >= 15 is 0 Å². The van der Waals surface area contributed by atoms with Gasteiger partial charge in [0.2, 0.25) is 0 Å². The number of aliphatic hydroxyl groups is 1. The number of aliphatic hydroxyl groups excluding tert-OH is 1. The second kappa shape index (κ2) is 12.6. The fourth-order valence-electron chi connectivity index (χ4n) is 7.19. The zero-order chi connectivity index (χ0) is 30.8. The van der Waals surface area contributed by atoms with Crippen LogP contribution >= 0.6 is 0 Å². The molecule has 1 heterocycles. The first-order chi connectivity index (χ1) is 20.3. The summed E-state index contributed by atoms with van der Waals surface area (Å²) in [6.07, 6.45) is -5.79. The molecule has 2 nitrogen and oxygen atoms in total. The van der Waals surface area contributed by atoms with Gasteiger partial charge in [-0.15, -0.1) is 0 Å². The van der Waals surface area contributed by atoms with Crippen molar-refractivity contribution < 1.29 is 35.8 Å². The molecule has 0 bridgehead atoms. The maximum absolute atomic E-state index is 13.4. The highest BCUT2D eigenvalue weighted by molar-refractivity contribution is 5.34. The van der Waals surface area contributed by atoms with Crippen LogP contribution < -0.4 is 0 Å². The number of benzene rings is 3. The first-order valence-corrected chi connectivity index (χ1v) is 14.8. The molecule has 1 unspecified atom stereocenters. The predicted molar refractivity (Wildman–Crippen MR) is 151 cm³/mol. The van der Waals surface area contributed by atoms with Crippen molar-refractivity contribution in [1.82, 2.24) is 4.90 Å². The number of alkyl halides is 6. The van der Waals surface area contributed by atoms with Crippen LogP contribution in [0.5, 0.6) is 0 Å². The molecule has 1 aliphatic heterocycles. The van der Waals surface area contributed by atoms with E-state index in [1.165, 1.54) is 12.1 Å². The highest BCUT2D eigenvalue weighted by Crippen LogP contribution is 2.45. The normalized spacial score (nSPS) is 23.3. The number of hydrogen-bond acceptors (Lipinski definition) is 2. The minimum atomic E-state index is -4.93. The van der Waals surface area contributed by atoms with Crippen molar-refractivity contribution in [2.24, 2.45) is 0 Å². The third-order valence-corrected chi connectivity index (χ3v) is 9.43. The Morgan fingerprint density at radius 3 is 1.86 bits per heavy atom. The van der Waals surface area contributed by atoms with E-state index in [1.54, 1.807) is 0 Å². The van der Waals surface area contributed by atoms with E-state index in [9.17, 15) is 35.8 Å². The third-order valence-electron chi connectivity index (χ3n) is 9.43. The van der Waals surface area contributed by atoms with Gasteiger partial charge in [-0.1, -0.05) is 42.5 Å². The Labute approximate surface area is 247 Å². The Morgan fingerprint density at radius 1 is 0.767 bits per heavy atom. The molecule has 3 aromatic rings. The summed E-state index contributed by atoms with van der Waals surface area (Å²) in [5.41, 5.74) is -1.17.